The van der Waals surface area contributed by atoms with Crippen LogP contribution in [0.5, 0.6) is 0 Å². The Hall–Kier alpha value is -1.55. The second kappa shape index (κ2) is 6.06. The van der Waals surface area contributed by atoms with Gasteiger partial charge in [-0.3, -0.25) is 4.79 Å². The van der Waals surface area contributed by atoms with Gasteiger partial charge in [0.1, 0.15) is 0 Å². The van der Waals surface area contributed by atoms with Gasteiger partial charge in [0.05, 0.1) is 11.3 Å². The molecule has 1 amide bonds. The molecule has 0 radical (unpaired) electrons. The van der Waals surface area contributed by atoms with Gasteiger partial charge in [-0.15, -0.1) is 0 Å². The number of hydrogen-bond donors (Lipinski definition) is 1. The molecular formula is C17H25N3O. The predicted molar refractivity (Wildman–Crippen MR) is 85.9 cm³/mol. The molecular weight excluding hydrogens is 262 g/mol. The third-order valence-electron chi connectivity index (χ3n) is 4.79. The maximum Gasteiger partial charge on any atom is 0.255 e. The lowest BCUT2D eigenvalue weighted by Crippen LogP contribution is -2.44. The lowest BCUT2D eigenvalue weighted by molar-refractivity contribution is 0.0664. The van der Waals surface area contributed by atoms with Gasteiger partial charge in [-0.25, -0.2) is 0 Å². The average Bonchev–Trinajstić information content (AvgIpc) is 2.53. The first-order valence-electron chi connectivity index (χ1n) is 7.98. The van der Waals surface area contributed by atoms with Gasteiger partial charge in [0.25, 0.3) is 5.91 Å². The van der Waals surface area contributed by atoms with Crippen LogP contribution in [0.15, 0.2) is 18.2 Å². The minimum absolute atomic E-state index is 0.193. The number of rotatable bonds is 2. The summed E-state index contributed by atoms with van der Waals surface area (Å²) in [5.41, 5.74) is 3.22. The summed E-state index contributed by atoms with van der Waals surface area (Å²) in [6.07, 6.45) is 4.37. The summed E-state index contributed by atoms with van der Waals surface area (Å²) < 4.78 is 0. The van der Waals surface area contributed by atoms with E-state index >= 15 is 0 Å². The predicted octanol–water partition coefficient (Wildman–Crippen LogP) is 2.21. The summed E-state index contributed by atoms with van der Waals surface area (Å²) in [5, 5.41) is 3.42. The van der Waals surface area contributed by atoms with Crippen molar-refractivity contribution >= 4 is 11.6 Å². The van der Waals surface area contributed by atoms with Crippen LogP contribution in [0.1, 0.15) is 35.2 Å². The van der Waals surface area contributed by atoms with Gasteiger partial charge in [-0.05, 0) is 51.4 Å². The van der Waals surface area contributed by atoms with E-state index in [0.717, 1.165) is 56.6 Å². The number of nitrogens with one attached hydrogen (secondary N) is 1. The Morgan fingerprint density at radius 1 is 1.29 bits per heavy atom. The largest absolute Gasteiger partial charge is 0.384 e. The number of likely N-dealkylation sites (tertiary alicyclic amines) is 1. The van der Waals surface area contributed by atoms with Crippen LogP contribution in [0.2, 0.25) is 0 Å². The molecule has 0 spiro atoms. The van der Waals surface area contributed by atoms with E-state index in [0.29, 0.717) is 6.04 Å². The molecule has 4 nitrogen and oxygen atoms in total. The van der Waals surface area contributed by atoms with E-state index in [4.69, 9.17) is 0 Å². The number of carbonyl (C=O) groups is 1. The lowest BCUT2D eigenvalue weighted by atomic mass is 9.97. The van der Waals surface area contributed by atoms with Crippen molar-refractivity contribution in [1.82, 2.24) is 9.80 Å². The van der Waals surface area contributed by atoms with E-state index in [1.54, 1.807) is 0 Å². The maximum atomic E-state index is 12.8. The molecule has 0 saturated carbocycles. The molecule has 0 unspecified atom stereocenters. The number of nitrogens with zero attached hydrogens (tertiary/aromatic N) is 2. The Morgan fingerprint density at radius 3 is 2.76 bits per heavy atom. The monoisotopic (exact) mass is 287 g/mol. The molecule has 0 bridgehead atoms. The molecule has 1 fully saturated rings. The second-order valence-electron chi connectivity index (χ2n) is 6.36. The van der Waals surface area contributed by atoms with E-state index in [1.807, 2.05) is 17.0 Å². The van der Waals surface area contributed by atoms with Crippen LogP contribution in [-0.4, -0.2) is 55.5 Å². The first-order valence-corrected chi connectivity index (χ1v) is 7.98. The number of benzene rings is 1. The van der Waals surface area contributed by atoms with Crippen molar-refractivity contribution in [1.29, 1.82) is 0 Å². The highest BCUT2D eigenvalue weighted by Gasteiger charge is 2.26. The minimum atomic E-state index is 0.193. The van der Waals surface area contributed by atoms with Crippen LogP contribution in [0, 0.1) is 0 Å². The molecule has 0 atom stereocenters. The third kappa shape index (κ3) is 2.91. The number of piperidine rings is 1. The molecule has 1 aromatic carbocycles. The molecule has 4 heteroatoms. The van der Waals surface area contributed by atoms with Crippen molar-refractivity contribution in [2.45, 2.75) is 31.7 Å². The Morgan fingerprint density at radius 2 is 2.05 bits per heavy atom. The SMILES string of the molecule is CN(C)C1CCN(C(=O)c2cccc3c2NCCC3)CC1. The van der Waals surface area contributed by atoms with Gasteiger partial charge in [0.15, 0.2) is 0 Å². The molecule has 2 aliphatic rings. The number of amides is 1. The van der Waals surface area contributed by atoms with Crippen molar-refractivity contribution in [3.8, 4) is 0 Å². The van der Waals surface area contributed by atoms with Crippen LogP contribution in [0.4, 0.5) is 5.69 Å². The molecule has 1 N–H and O–H groups in total. The van der Waals surface area contributed by atoms with Gasteiger partial charge < -0.3 is 15.1 Å². The van der Waals surface area contributed by atoms with Crippen molar-refractivity contribution in [2.75, 3.05) is 39.0 Å². The summed E-state index contributed by atoms with van der Waals surface area (Å²) >= 11 is 0. The smallest absolute Gasteiger partial charge is 0.255 e. The maximum absolute atomic E-state index is 12.8. The number of aryl methyl sites for hydroxylation is 1. The zero-order valence-electron chi connectivity index (χ0n) is 13.1. The first kappa shape index (κ1) is 14.4. The normalized spacial score (nSPS) is 19.3. The standard InChI is InChI=1S/C17H25N3O/c1-19(2)14-8-11-20(12-9-14)17(21)15-7-3-5-13-6-4-10-18-16(13)15/h3,5,7,14,18H,4,6,8-12H2,1-2H3. The highest BCUT2D eigenvalue weighted by atomic mass is 16.2. The molecule has 2 aliphatic heterocycles. The van der Waals surface area contributed by atoms with Crippen molar-refractivity contribution in [3.63, 3.8) is 0 Å². The van der Waals surface area contributed by atoms with E-state index in [1.165, 1.54) is 5.56 Å². The summed E-state index contributed by atoms with van der Waals surface area (Å²) in [5.74, 6) is 0.193. The Bertz CT molecular complexity index is 519. The highest BCUT2D eigenvalue weighted by Crippen LogP contribution is 2.28. The Kier molecular flexibility index (Phi) is 4.15. The van der Waals surface area contributed by atoms with Crippen LogP contribution in [0.25, 0.3) is 0 Å². The van der Waals surface area contributed by atoms with E-state index in [2.05, 4.69) is 30.4 Å². The molecule has 3 rings (SSSR count). The molecule has 1 aromatic rings. The third-order valence-corrected chi connectivity index (χ3v) is 4.79. The lowest BCUT2D eigenvalue weighted by Gasteiger charge is -2.35. The fourth-order valence-electron chi connectivity index (χ4n) is 3.44. The quantitative estimate of drug-likeness (QED) is 0.906. The molecule has 114 valence electrons. The second-order valence-corrected chi connectivity index (χ2v) is 6.36. The van der Waals surface area contributed by atoms with E-state index < -0.39 is 0 Å². The molecule has 21 heavy (non-hydrogen) atoms. The van der Waals surface area contributed by atoms with Crippen molar-refractivity contribution in [2.24, 2.45) is 0 Å². The van der Waals surface area contributed by atoms with Crippen molar-refractivity contribution < 1.29 is 4.79 Å². The molecule has 0 aromatic heterocycles. The fraction of sp³-hybridized carbons (Fsp3) is 0.588. The van der Waals surface area contributed by atoms with E-state index in [-0.39, 0.29) is 5.91 Å². The number of carbonyl (C=O) groups excluding carboxylic acids is 1. The molecule has 0 aliphatic carbocycles. The minimum Gasteiger partial charge on any atom is -0.384 e. The number of hydrogen-bond acceptors (Lipinski definition) is 3. The summed E-state index contributed by atoms with van der Waals surface area (Å²) in [4.78, 5) is 17.1. The number of para-hydroxylation sites is 1. The molecule has 1 saturated heterocycles. The topological polar surface area (TPSA) is 35.6 Å². The van der Waals surface area contributed by atoms with Crippen LogP contribution in [-0.2, 0) is 6.42 Å². The van der Waals surface area contributed by atoms with Gasteiger partial charge in [0.2, 0.25) is 0 Å². The van der Waals surface area contributed by atoms with Crippen LogP contribution >= 0.6 is 0 Å². The fourth-order valence-corrected chi connectivity index (χ4v) is 3.44. The zero-order valence-corrected chi connectivity index (χ0v) is 13.1. The van der Waals surface area contributed by atoms with E-state index in [9.17, 15) is 4.79 Å². The Balaban J connectivity index is 1.75. The summed E-state index contributed by atoms with van der Waals surface area (Å²) in [6, 6.07) is 6.73. The number of fused-ring (bicyclic) bond motifs is 1. The van der Waals surface area contributed by atoms with Gasteiger partial charge in [0, 0.05) is 25.7 Å². The molecule has 2 heterocycles. The van der Waals surface area contributed by atoms with Crippen LogP contribution in [0.3, 0.4) is 0 Å². The van der Waals surface area contributed by atoms with Crippen LogP contribution < -0.4 is 5.32 Å². The average molecular weight is 287 g/mol. The Labute approximate surface area is 127 Å². The van der Waals surface area contributed by atoms with Gasteiger partial charge in [-0.1, -0.05) is 12.1 Å². The van der Waals surface area contributed by atoms with Crippen molar-refractivity contribution in [3.05, 3.63) is 29.3 Å². The van der Waals surface area contributed by atoms with Gasteiger partial charge >= 0.3 is 0 Å². The number of anilines is 1. The summed E-state index contributed by atoms with van der Waals surface area (Å²) in [6.45, 7) is 2.71. The zero-order chi connectivity index (χ0) is 14.8. The first-order chi connectivity index (χ1) is 10.2. The van der Waals surface area contributed by atoms with Gasteiger partial charge in [-0.2, -0.15) is 0 Å². The summed E-state index contributed by atoms with van der Waals surface area (Å²) in [7, 11) is 4.25. The highest BCUT2D eigenvalue weighted by molar-refractivity contribution is 6.00.